The fraction of sp³-hybridized carbons (Fsp3) is 0.269. The molecule has 1 aromatic heterocycles. The molecule has 1 amide bonds. The number of nitrogens with zero attached hydrogens (tertiary/aromatic N) is 2. The molecule has 8 heteroatoms. The molecule has 0 saturated heterocycles. The van der Waals surface area contributed by atoms with E-state index in [1.54, 1.807) is 31.2 Å². The van der Waals surface area contributed by atoms with Crippen molar-refractivity contribution >= 4 is 17.8 Å². The summed E-state index contributed by atoms with van der Waals surface area (Å²) in [6.45, 7) is 8.72. The van der Waals surface area contributed by atoms with Gasteiger partial charge in [-0.15, -0.1) is 0 Å². The van der Waals surface area contributed by atoms with E-state index in [1.807, 2.05) is 45.0 Å². The second-order valence-corrected chi connectivity index (χ2v) is 7.55. The highest BCUT2D eigenvalue weighted by molar-refractivity contribution is 6.09. The maximum absolute atomic E-state index is 12.4. The Morgan fingerprint density at radius 2 is 1.79 bits per heavy atom. The van der Waals surface area contributed by atoms with Gasteiger partial charge in [0.25, 0.3) is 5.91 Å². The minimum absolute atomic E-state index is 0.0845. The molecular formula is C26H27N3O5. The highest BCUT2D eigenvalue weighted by Crippen LogP contribution is 2.29. The van der Waals surface area contributed by atoms with Crippen LogP contribution in [0.15, 0.2) is 52.6 Å². The number of ether oxygens (including phenoxy) is 3. The van der Waals surface area contributed by atoms with Gasteiger partial charge in [-0.05, 0) is 68.7 Å². The fourth-order valence-corrected chi connectivity index (χ4v) is 3.09. The van der Waals surface area contributed by atoms with E-state index in [9.17, 15) is 10.1 Å². The number of benzene rings is 2. The lowest BCUT2D eigenvalue weighted by Gasteiger charge is -2.14. The summed E-state index contributed by atoms with van der Waals surface area (Å²) >= 11 is 0. The van der Waals surface area contributed by atoms with Crippen molar-refractivity contribution in [1.82, 2.24) is 5.16 Å². The van der Waals surface area contributed by atoms with Gasteiger partial charge in [0.1, 0.15) is 36.4 Å². The second kappa shape index (κ2) is 11.6. The van der Waals surface area contributed by atoms with Crippen molar-refractivity contribution in [3.63, 3.8) is 0 Å². The van der Waals surface area contributed by atoms with Gasteiger partial charge in [-0.2, -0.15) is 5.26 Å². The van der Waals surface area contributed by atoms with Crippen molar-refractivity contribution < 1.29 is 23.5 Å². The molecule has 0 saturated carbocycles. The topological polar surface area (TPSA) is 107 Å². The lowest BCUT2D eigenvalue weighted by molar-refractivity contribution is -0.112. The first-order valence-electron chi connectivity index (χ1n) is 10.9. The average Bonchev–Trinajstić information content (AvgIpc) is 3.22. The highest BCUT2D eigenvalue weighted by Gasteiger charge is 2.13. The summed E-state index contributed by atoms with van der Waals surface area (Å²) in [5.74, 6) is 2.09. The molecule has 8 nitrogen and oxygen atoms in total. The predicted octanol–water partition coefficient (Wildman–Crippen LogP) is 5.00. The number of nitrogens with one attached hydrogen (secondary N) is 1. The summed E-state index contributed by atoms with van der Waals surface area (Å²) < 4.78 is 22.3. The van der Waals surface area contributed by atoms with E-state index in [4.69, 9.17) is 18.7 Å². The van der Waals surface area contributed by atoms with E-state index in [0.29, 0.717) is 42.6 Å². The zero-order chi connectivity index (χ0) is 24.5. The molecule has 34 heavy (non-hydrogen) atoms. The van der Waals surface area contributed by atoms with Crippen LogP contribution in [0.25, 0.3) is 6.08 Å². The summed E-state index contributed by atoms with van der Waals surface area (Å²) in [6, 6.07) is 14.7. The number of amides is 1. The van der Waals surface area contributed by atoms with Crippen LogP contribution in [0.1, 0.15) is 29.4 Å². The molecule has 0 fully saturated rings. The summed E-state index contributed by atoms with van der Waals surface area (Å²) in [6.07, 6.45) is 1.47. The number of anilines is 1. The van der Waals surface area contributed by atoms with Crippen molar-refractivity contribution in [1.29, 1.82) is 5.26 Å². The molecule has 176 valence electrons. The Balaban J connectivity index is 1.66. The van der Waals surface area contributed by atoms with E-state index in [0.717, 1.165) is 16.9 Å². The molecule has 0 atom stereocenters. The van der Waals surface area contributed by atoms with E-state index in [-0.39, 0.29) is 11.4 Å². The van der Waals surface area contributed by atoms with Gasteiger partial charge in [0.05, 0.1) is 6.61 Å². The Bertz CT molecular complexity index is 1220. The van der Waals surface area contributed by atoms with Gasteiger partial charge in [0, 0.05) is 6.07 Å². The van der Waals surface area contributed by atoms with E-state index < -0.39 is 5.91 Å². The molecule has 0 aliphatic heterocycles. The van der Waals surface area contributed by atoms with Gasteiger partial charge < -0.3 is 24.1 Å². The van der Waals surface area contributed by atoms with E-state index >= 15 is 0 Å². The summed E-state index contributed by atoms with van der Waals surface area (Å²) in [5, 5.41) is 15.7. The molecule has 1 N–H and O–H groups in total. The van der Waals surface area contributed by atoms with Gasteiger partial charge in [0.2, 0.25) is 0 Å². The SMILES string of the molecule is CCOc1cc(C=C(C#N)C(=O)Nc2cc(C)on2)ccc1OCCOc1cc(C)ccc1C. The minimum Gasteiger partial charge on any atom is -0.490 e. The summed E-state index contributed by atoms with van der Waals surface area (Å²) in [5.41, 5.74) is 2.72. The van der Waals surface area contributed by atoms with Crippen LogP contribution in [0.3, 0.4) is 0 Å². The number of nitriles is 1. The molecule has 1 heterocycles. The van der Waals surface area contributed by atoms with Crippen LogP contribution in [-0.2, 0) is 4.79 Å². The van der Waals surface area contributed by atoms with Crippen molar-refractivity contribution in [2.45, 2.75) is 27.7 Å². The van der Waals surface area contributed by atoms with Crippen LogP contribution in [0.5, 0.6) is 17.2 Å². The molecule has 3 rings (SSSR count). The van der Waals surface area contributed by atoms with E-state index in [1.165, 1.54) is 6.08 Å². The zero-order valence-corrected chi connectivity index (χ0v) is 19.7. The van der Waals surface area contributed by atoms with E-state index in [2.05, 4.69) is 10.5 Å². The third kappa shape index (κ3) is 6.62. The van der Waals surface area contributed by atoms with Crippen LogP contribution in [0.4, 0.5) is 5.82 Å². The second-order valence-electron chi connectivity index (χ2n) is 7.55. The third-order valence-electron chi connectivity index (χ3n) is 4.76. The molecule has 0 spiro atoms. The fourth-order valence-electron chi connectivity index (χ4n) is 3.09. The molecule has 0 unspecified atom stereocenters. The number of hydrogen-bond donors (Lipinski definition) is 1. The van der Waals surface area contributed by atoms with Crippen molar-refractivity contribution in [3.05, 3.63) is 70.5 Å². The number of carbonyl (C=O) groups is 1. The first-order chi connectivity index (χ1) is 16.4. The first kappa shape index (κ1) is 24.4. The predicted molar refractivity (Wildman–Crippen MR) is 128 cm³/mol. The van der Waals surface area contributed by atoms with Gasteiger partial charge >= 0.3 is 0 Å². The van der Waals surface area contributed by atoms with Crippen LogP contribution in [0, 0.1) is 32.1 Å². The average molecular weight is 462 g/mol. The molecule has 0 radical (unpaired) electrons. The lowest BCUT2D eigenvalue weighted by Crippen LogP contribution is -2.13. The minimum atomic E-state index is -0.585. The van der Waals surface area contributed by atoms with Crippen LogP contribution >= 0.6 is 0 Å². The highest BCUT2D eigenvalue weighted by atomic mass is 16.5. The first-order valence-corrected chi connectivity index (χ1v) is 10.9. The maximum Gasteiger partial charge on any atom is 0.267 e. The standard InChI is InChI=1S/C26H27N3O5/c1-5-31-24-15-20(14-21(16-27)26(30)28-25-13-19(4)34-29-25)8-9-22(24)32-10-11-33-23-12-17(2)6-7-18(23)3/h6-9,12-15H,5,10-11H2,1-4H3,(H,28,29,30). The van der Waals surface area contributed by atoms with Crippen LogP contribution in [0.2, 0.25) is 0 Å². The monoisotopic (exact) mass is 461 g/mol. The van der Waals surface area contributed by atoms with Crippen molar-refractivity contribution in [2.75, 3.05) is 25.1 Å². The number of aromatic nitrogens is 1. The Labute approximate surface area is 198 Å². The van der Waals surface area contributed by atoms with Crippen LogP contribution < -0.4 is 19.5 Å². The molecular weight excluding hydrogens is 434 g/mol. The Morgan fingerprint density at radius 1 is 1.03 bits per heavy atom. The quantitative estimate of drug-likeness (QED) is 0.257. The number of hydrogen-bond acceptors (Lipinski definition) is 7. The molecule has 3 aromatic rings. The number of rotatable bonds is 10. The Kier molecular flexibility index (Phi) is 8.30. The number of aryl methyl sites for hydroxylation is 3. The lowest BCUT2D eigenvalue weighted by atomic mass is 10.1. The zero-order valence-electron chi connectivity index (χ0n) is 19.7. The van der Waals surface area contributed by atoms with Gasteiger partial charge in [-0.3, -0.25) is 4.79 Å². The van der Waals surface area contributed by atoms with Gasteiger partial charge in [-0.25, -0.2) is 0 Å². The smallest absolute Gasteiger partial charge is 0.267 e. The number of carbonyl (C=O) groups excluding carboxylic acids is 1. The van der Waals surface area contributed by atoms with Crippen LogP contribution in [-0.4, -0.2) is 30.9 Å². The molecule has 0 aliphatic carbocycles. The largest absolute Gasteiger partial charge is 0.490 e. The van der Waals surface area contributed by atoms with Gasteiger partial charge in [-0.1, -0.05) is 23.4 Å². The van der Waals surface area contributed by atoms with Crippen molar-refractivity contribution in [2.24, 2.45) is 0 Å². The third-order valence-corrected chi connectivity index (χ3v) is 4.76. The molecule has 0 aliphatic rings. The van der Waals surface area contributed by atoms with Crippen molar-refractivity contribution in [3.8, 4) is 23.3 Å². The molecule has 2 aromatic carbocycles. The Hall–Kier alpha value is -4.25. The summed E-state index contributed by atoms with van der Waals surface area (Å²) in [7, 11) is 0. The molecule has 0 bridgehead atoms. The normalized spacial score (nSPS) is 11.0. The summed E-state index contributed by atoms with van der Waals surface area (Å²) in [4.78, 5) is 12.4. The van der Waals surface area contributed by atoms with Gasteiger partial charge in [0.15, 0.2) is 17.3 Å². The Morgan fingerprint density at radius 3 is 2.47 bits per heavy atom. The maximum atomic E-state index is 12.4.